The summed E-state index contributed by atoms with van der Waals surface area (Å²) in [6.45, 7) is 6.67. The zero-order valence-electron chi connectivity index (χ0n) is 22.6. The molecule has 4 rings (SSSR count). The molecule has 2 heterocycles. The molecule has 0 radical (unpaired) electrons. The molecule has 0 spiro atoms. The van der Waals surface area contributed by atoms with Gasteiger partial charge in [0.2, 0.25) is 11.8 Å². The predicted octanol–water partition coefficient (Wildman–Crippen LogP) is 3.92. The number of aromatic nitrogens is 2. The van der Waals surface area contributed by atoms with E-state index < -0.39 is 5.91 Å². The summed E-state index contributed by atoms with van der Waals surface area (Å²) in [4.78, 5) is 29.2. The van der Waals surface area contributed by atoms with E-state index in [9.17, 15) is 14.7 Å². The van der Waals surface area contributed by atoms with Crippen LogP contribution < -0.4 is 15.8 Å². The van der Waals surface area contributed by atoms with Crippen molar-refractivity contribution in [1.82, 2.24) is 14.9 Å². The van der Waals surface area contributed by atoms with Gasteiger partial charge in [-0.1, -0.05) is 31.2 Å². The van der Waals surface area contributed by atoms with Gasteiger partial charge in [0.25, 0.3) is 0 Å². The van der Waals surface area contributed by atoms with Gasteiger partial charge in [0, 0.05) is 49.4 Å². The number of nitrogens with two attached hydrogens (primary N) is 1. The normalized spacial score (nSPS) is 16.9. The lowest BCUT2D eigenvalue weighted by Gasteiger charge is -2.21. The van der Waals surface area contributed by atoms with Crippen molar-refractivity contribution in [3.8, 4) is 17.0 Å². The van der Waals surface area contributed by atoms with E-state index in [1.165, 1.54) is 0 Å². The standard InChI is InChI=1S/C30H38N4O4/c1-18(2)38-23-9-10-25(28(31)36)26(16-23)22(12-14-35)15-20-5-7-21(8-6-20)27-17-34(4)29(33-27)19(3)24-11-13-32-30(24)37/h5-10,16-19,22,24,35H,11-15H2,1-4H3,(H2,31,36)(H,32,37)/t19-,22-,24?/m1/s1. The third-order valence-corrected chi connectivity index (χ3v) is 7.32. The van der Waals surface area contributed by atoms with Gasteiger partial charge in [-0.05, 0) is 68.4 Å². The van der Waals surface area contributed by atoms with Crippen LogP contribution in [0.15, 0.2) is 48.7 Å². The van der Waals surface area contributed by atoms with Gasteiger partial charge < -0.3 is 25.5 Å². The minimum atomic E-state index is -0.496. The molecule has 38 heavy (non-hydrogen) atoms. The molecule has 2 amide bonds. The molecule has 1 aromatic heterocycles. The van der Waals surface area contributed by atoms with Crippen LogP contribution in [0.3, 0.4) is 0 Å². The minimum Gasteiger partial charge on any atom is -0.491 e. The molecule has 1 unspecified atom stereocenters. The van der Waals surface area contributed by atoms with Crippen molar-refractivity contribution in [3.63, 3.8) is 0 Å². The van der Waals surface area contributed by atoms with Gasteiger partial charge in [0.1, 0.15) is 11.6 Å². The minimum absolute atomic E-state index is 0.00321. The summed E-state index contributed by atoms with van der Waals surface area (Å²) >= 11 is 0. The lowest BCUT2D eigenvalue weighted by atomic mass is 9.86. The van der Waals surface area contributed by atoms with Crippen LogP contribution in [0.4, 0.5) is 0 Å². The van der Waals surface area contributed by atoms with Gasteiger partial charge in [-0.2, -0.15) is 0 Å². The van der Waals surface area contributed by atoms with Crippen molar-refractivity contribution in [2.75, 3.05) is 13.2 Å². The third kappa shape index (κ3) is 6.07. The summed E-state index contributed by atoms with van der Waals surface area (Å²) in [6.07, 6.45) is 3.95. The molecule has 0 saturated carbocycles. The number of primary amides is 1. The van der Waals surface area contributed by atoms with E-state index in [0.29, 0.717) is 24.2 Å². The number of rotatable bonds is 11. The first kappa shape index (κ1) is 27.4. The van der Waals surface area contributed by atoms with Crippen LogP contribution in [0.2, 0.25) is 0 Å². The highest BCUT2D eigenvalue weighted by atomic mass is 16.5. The van der Waals surface area contributed by atoms with Crippen LogP contribution in [-0.2, 0) is 18.3 Å². The molecule has 3 atom stereocenters. The Morgan fingerprint density at radius 2 is 1.95 bits per heavy atom. The molecular weight excluding hydrogens is 480 g/mol. The molecule has 3 aromatic rings. The number of aryl methyl sites for hydroxylation is 1. The van der Waals surface area contributed by atoms with Crippen molar-refractivity contribution >= 4 is 11.8 Å². The van der Waals surface area contributed by atoms with Crippen molar-refractivity contribution < 1.29 is 19.4 Å². The topological polar surface area (TPSA) is 119 Å². The second-order valence-corrected chi connectivity index (χ2v) is 10.5. The van der Waals surface area contributed by atoms with Gasteiger partial charge in [-0.15, -0.1) is 0 Å². The molecule has 0 aliphatic carbocycles. The monoisotopic (exact) mass is 518 g/mol. The van der Waals surface area contributed by atoms with Crippen LogP contribution in [0.5, 0.6) is 5.75 Å². The zero-order chi connectivity index (χ0) is 27.4. The lowest BCUT2D eigenvalue weighted by molar-refractivity contribution is -0.122. The first-order valence-electron chi connectivity index (χ1n) is 13.3. The average Bonchev–Trinajstić information content (AvgIpc) is 3.48. The predicted molar refractivity (Wildman–Crippen MR) is 147 cm³/mol. The van der Waals surface area contributed by atoms with Gasteiger partial charge in [0.05, 0.1) is 11.8 Å². The number of imidazole rings is 1. The number of carbonyl (C=O) groups is 2. The number of hydrogen-bond acceptors (Lipinski definition) is 5. The molecule has 202 valence electrons. The van der Waals surface area contributed by atoms with E-state index in [0.717, 1.165) is 41.2 Å². The number of aliphatic hydroxyl groups excluding tert-OH is 1. The maximum Gasteiger partial charge on any atom is 0.248 e. The quantitative estimate of drug-likeness (QED) is 0.355. The summed E-state index contributed by atoms with van der Waals surface area (Å²) < 4.78 is 7.86. The molecule has 8 nitrogen and oxygen atoms in total. The number of hydrogen-bond donors (Lipinski definition) is 3. The second-order valence-electron chi connectivity index (χ2n) is 10.5. The fourth-order valence-corrected chi connectivity index (χ4v) is 5.38. The maximum atomic E-state index is 12.2. The van der Waals surface area contributed by atoms with Crippen LogP contribution in [0.1, 0.15) is 72.8 Å². The van der Waals surface area contributed by atoms with Crippen molar-refractivity contribution in [2.24, 2.45) is 18.7 Å². The zero-order valence-corrected chi connectivity index (χ0v) is 22.6. The van der Waals surface area contributed by atoms with Crippen LogP contribution in [0.25, 0.3) is 11.3 Å². The molecule has 1 aliphatic heterocycles. The molecule has 1 fully saturated rings. The third-order valence-electron chi connectivity index (χ3n) is 7.32. The van der Waals surface area contributed by atoms with Gasteiger partial charge in [-0.25, -0.2) is 4.98 Å². The van der Waals surface area contributed by atoms with Gasteiger partial charge in [0.15, 0.2) is 0 Å². The van der Waals surface area contributed by atoms with E-state index >= 15 is 0 Å². The molecule has 4 N–H and O–H groups in total. The van der Waals surface area contributed by atoms with Crippen molar-refractivity contribution in [2.45, 2.75) is 58.0 Å². The average molecular weight is 519 g/mol. The SMILES string of the molecule is CC(C)Oc1ccc(C(N)=O)c([C@H](CCO)Cc2ccc(-c3cn(C)c([C@H](C)C4CCNC4=O)n3)cc2)c1. The largest absolute Gasteiger partial charge is 0.491 e. The van der Waals surface area contributed by atoms with Crippen LogP contribution >= 0.6 is 0 Å². The van der Waals surface area contributed by atoms with Gasteiger partial charge in [-0.3, -0.25) is 9.59 Å². The highest BCUT2D eigenvalue weighted by molar-refractivity contribution is 5.94. The molecule has 8 heteroatoms. The number of aliphatic hydroxyl groups is 1. The Hall–Kier alpha value is -3.65. The van der Waals surface area contributed by atoms with Crippen LogP contribution in [0, 0.1) is 5.92 Å². The lowest BCUT2D eigenvalue weighted by Crippen LogP contribution is -2.24. The Bertz CT molecular complexity index is 1280. The highest BCUT2D eigenvalue weighted by Crippen LogP contribution is 2.33. The number of benzene rings is 2. The van der Waals surface area contributed by atoms with E-state index in [1.54, 1.807) is 12.1 Å². The second kappa shape index (κ2) is 11.8. The van der Waals surface area contributed by atoms with Gasteiger partial charge >= 0.3 is 0 Å². The fraction of sp³-hybridized carbons (Fsp3) is 0.433. The fourth-order valence-electron chi connectivity index (χ4n) is 5.38. The Morgan fingerprint density at radius 3 is 2.55 bits per heavy atom. The smallest absolute Gasteiger partial charge is 0.248 e. The number of nitrogens with zero attached hydrogens (tertiary/aromatic N) is 2. The Morgan fingerprint density at radius 1 is 1.21 bits per heavy atom. The van der Waals surface area contributed by atoms with E-state index in [-0.39, 0.29) is 36.4 Å². The summed E-state index contributed by atoms with van der Waals surface area (Å²) in [7, 11) is 1.97. The molecule has 0 bridgehead atoms. The van der Waals surface area contributed by atoms with Crippen molar-refractivity contribution in [1.29, 1.82) is 0 Å². The molecule has 1 aliphatic rings. The number of amides is 2. The number of nitrogens with one attached hydrogen (secondary N) is 1. The molecule has 2 aromatic carbocycles. The summed E-state index contributed by atoms with van der Waals surface area (Å²) in [5, 5.41) is 12.7. The number of carbonyl (C=O) groups excluding carboxylic acids is 2. The van der Waals surface area contributed by atoms with Crippen molar-refractivity contribution in [3.05, 3.63) is 71.2 Å². The van der Waals surface area contributed by atoms with Crippen LogP contribution in [-0.4, -0.2) is 45.7 Å². The Balaban J connectivity index is 1.56. The Labute approximate surface area is 224 Å². The summed E-state index contributed by atoms with van der Waals surface area (Å²) in [6, 6.07) is 13.5. The summed E-state index contributed by atoms with van der Waals surface area (Å²) in [5.74, 6) is 1.05. The van der Waals surface area contributed by atoms with E-state index in [1.807, 2.05) is 49.9 Å². The number of ether oxygens (including phenoxy) is 1. The first-order valence-corrected chi connectivity index (χ1v) is 13.3. The first-order chi connectivity index (χ1) is 18.2. The van der Waals surface area contributed by atoms with E-state index in [4.69, 9.17) is 15.5 Å². The molecule has 1 saturated heterocycles. The summed E-state index contributed by atoms with van der Waals surface area (Å²) in [5.41, 5.74) is 9.84. The van der Waals surface area contributed by atoms with E-state index in [2.05, 4.69) is 24.4 Å². The maximum absolute atomic E-state index is 12.2. The Kier molecular flexibility index (Phi) is 8.52. The highest BCUT2D eigenvalue weighted by Gasteiger charge is 2.32. The molecular formula is C30H38N4O4.